The van der Waals surface area contributed by atoms with Crippen LogP contribution in [0.4, 0.5) is 0 Å². The first kappa shape index (κ1) is 12.8. The summed E-state index contributed by atoms with van der Waals surface area (Å²) >= 11 is 0. The molecule has 4 heteroatoms. The van der Waals surface area contributed by atoms with Crippen molar-refractivity contribution in [2.24, 2.45) is 5.84 Å². The molecule has 1 aromatic heterocycles. The second kappa shape index (κ2) is 5.33. The summed E-state index contributed by atoms with van der Waals surface area (Å²) in [4.78, 5) is 0. The van der Waals surface area contributed by atoms with E-state index in [1.54, 1.807) is 0 Å². The number of benzene rings is 1. The maximum Gasteiger partial charge on any atom is 0.0880 e. The third-order valence-corrected chi connectivity index (χ3v) is 3.19. The van der Waals surface area contributed by atoms with Gasteiger partial charge in [0, 0.05) is 6.54 Å². The van der Waals surface area contributed by atoms with Crippen molar-refractivity contribution in [3.05, 3.63) is 52.8 Å². The minimum absolute atomic E-state index is 0.0210. The van der Waals surface area contributed by atoms with E-state index in [1.165, 1.54) is 11.1 Å². The highest BCUT2D eigenvalue weighted by Crippen LogP contribution is 2.24. The van der Waals surface area contributed by atoms with Crippen LogP contribution < -0.4 is 11.3 Å². The molecule has 0 saturated carbocycles. The van der Waals surface area contributed by atoms with Gasteiger partial charge >= 0.3 is 0 Å². The number of nitrogens with one attached hydrogen (secondary N) is 1. The highest BCUT2D eigenvalue weighted by atomic mass is 15.3. The van der Waals surface area contributed by atoms with E-state index in [2.05, 4.69) is 42.6 Å². The lowest BCUT2D eigenvalue weighted by molar-refractivity contribution is 0.541. The minimum atomic E-state index is -0.0210. The quantitative estimate of drug-likeness (QED) is 0.639. The van der Waals surface area contributed by atoms with Gasteiger partial charge in [0.25, 0.3) is 0 Å². The van der Waals surface area contributed by atoms with Crippen LogP contribution in [0.1, 0.15) is 35.5 Å². The first-order valence-electron chi connectivity index (χ1n) is 6.23. The Hall–Kier alpha value is -1.65. The number of hydrazine groups is 1. The first-order valence-corrected chi connectivity index (χ1v) is 6.23. The molecular weight excluding hydrogens is 224 g/mol. The van der Waals surface area contributed by atoms with Crippen molar-refractivity contribution < 1.29 is 0 Å². The van der Waals surface area contributed by atoms with Gasteiger partial charge in [0.15, 0.2) is 0 Å². The molecule has 2 rings (SSSR count). The van der Waals surface area contributed by atoms with Crippen LogP contribution >= 0.6 is 0 Å². The van der Waals surface area contributed by atoms with Gasteiger partial charge in [-0.05, 0) is 38.0 Å². The maximum atomic E-state index is 5.75. The number of rotatable bonds is 4. The standard InChI is InChI=1S/C14H20N4/c1-4-18-13(9-11(3)17-18)14(16-15)12-8-6-5-7-10(12)2/h5-9,14,16H,4,15H2,1-3H3. The van der Waals surface area contributed by atoms with Gasteiger partial charge in [-0.2, -0.15) is 5.10 Å². The van der Waals surface area contributed by atoms with Crippen molar-refractivity contribution in [2.45, 2.75) is 33.4 Å². The third kappa shape index (κ3) is 2.30. The van der Waals surface area contributed by atoms with Crippen LogP contribution in [-0.4, -0.2) is 9.78 Å². The third-order valence-electron chi connectivity index (χ3n) is 3.19. The Bertz CT molecular complexity index is 530. The van der Waals surface area contributed by atoms with Crippen LogP contribution in [0.3, 0.4) is 0 Å². The second-order valence-electron chi connectivity index (χ2n) is 4.48. The molecule has 0 aliphatic rings. The van der Waals surface area contributed by atoms with Crippen LogP contribution in [0.2, 0.25) is 0 Å². The lowest BCUT2D eigenvalue weighted by atomic mass is 9.99. The summed E-state index contributed by atoms with van der Waals surface area (Å²) in [5, 5.41) is 4.47. The van der Waals surface area contributed by atoms with E-state index < -0.39 is 0 Å². The summed E-state index contributed by atoms with van der Waals surface area (Å²) in [7, 11) is 0. The van der Waals surface area contributed by atoms with Gasteiger partial charge in [0.1, 0.15) is 0 Å². The Morgan fingerprint density at radius 1 is 1.33 bits per heavy atom. The van der Waals surface area contributed by atoms with Crippen LogP contribution in [0, 0.1) is 13.8 Å². The molecule has 0 amide bonds. The fourth-order valence-corrected chi connectivity index (χ4v) is 2.30. The monoisotopic (exact) mass is 244 g/mol. The lowest BCUT2D eigenvalue weighted by Gasteiger charge is -2.19. The smallest absolute Gasteiger partial charge is 0.0880 e. The first-order chi connectivity index (χ1) is 8.67. The molecule has 1 aromatic carbocycles. The molecule has 4 nitrogen and oxygen atoms in total. The Morgan fingerprint density at radius 2 is 2.06 bits per heavy atom. The van der Waals surface area contributed by atoms with Gasteiger partial charge < -0.3 is 0 Å². The summed E-state index contributed by atoms with van der Waals surface area (Å²) in [5.41, 5.74) is 7.43. The van der Waals surface area contributed by atoms with E-state index in [1.807, 2.05) is 23.7 Å². The summed E-state index contributed by atoms with van der Waals surface area (Å²) in [5.74, 6) is 5.75. The van der Waals surface area contributed by atoms with Crippen molar-refractivity contribution in [3.8, 4) is 0 Å². The molecule has 1 atom stereocenters. The number of hydrogen-bond acceptors (Lipinski definition) is 3. The average Bonchev–Trinajstić information content (AvgIpc) is 2.74. The fraction of sp³-hybridized carbons (Fsp3) is 0.357. The Balaban J connectivity index is 2.48. The molecule has 18 heavy (non-hydrogen) atoms. The summed E-state index contributed by atoms with van der Waals surface area (Å²) in [6.45, 7) is 7.02. The molecule has 1 heterocycles. The number of hydrogen-bond donors (Lipinski definition) is 2. The molecule has 3 N–H and O–H groups in total. The zero-order valence-corrected chi connectivity index (χ0v) is 11.1. The van der Waals surface area contributed by atoms with Gasteiger partial charge in [-0.3, -0.25) is 10.5 Å². The second-order valence-corrected chi connectivity index (χ2v) is 4.48. The average molecular weight is 244 g/mol. The van der Waals surface area contributed by atoms with Crippen LogP contribution in [0.25, 0.3) is 0 Å². The molecule has 96 valence electrons. The Labute approximate surface area is 108 Å². The van der Waals surface area contributed by atoms with E-state index in [0.29, 0.717) is 0 Å². The number of aromatic nitrogens is 2. The molecule has 0 radical (unpaired) electrons. The van der Waals surface area contributed by atoms with E-state index in [9.17, 15) is 0 Å². The molecule has 0 spiro atoms. The predicted octanol–water partition coefficient (Wildman–Crippen LogP) is 2.07. The highest BCUT2D eigenvalue weighted by molar-refractivity contribution is 5.34. The predicted molar refractivity (Wildman–Crippen MR) is 73.0 cm³/mol. The van der Waals surface area contributed by atoms with Crippen molar-refractivity contribution in [3.63, 3.8) is 0 Å². The Morgan fingerprint density at radius 3 is 2.67 bits per heavy atom. The number of nitrogens with two attached hydrogens (primary N) is 1. The normalized spacial score (nSPS) is 12.7. The minimum Gasteiger partial charge on any atom is -0.271 e. The molecule has 0 aliphatic heterocycles. The van der Waals surface area contributed by atoms with Gasteiger partial charge in [-0.25, -0.2) is 5.43 Å². The zero-order chi connectivity index (χ0) is 13.1. The number of nitrogens with zero attached hydrogens (tertiary/aromatic N) is 2. The summed E-state index contributed by atoms with van der Waals surface area (Å²) in [6, 6.07) is 10.3. The highest BCUT2D eigenvalue weighted by Gasteiger charge is 2.18. The topological polar surface area (TPSA) is 55.9 Å². The van der Waals surface area contributed by atoms with Gasteiger partial charge in [0.05, 0.1) is 17.4 Å². The van der Waals surface area contributed by atoms with Crippen molar-refractivity contribution in [1.82, 2.24) is 15.2 Å². The zero-order valence-electron chi connectivity index (χ0n) is 11.1. The Kier molecular flexibility index (Phi) is 3.79. The van der Waals surface area contributed by atoms with Crippen LogP contribution in [0.15, 0.2) is 30.3 Å². The van der Waals surface area contributed by atoms with E-state index in [-0.39, 0.29) is 6.04 Å². The van der Waals surface area contributed by atoms with E-state index >= 15 is 0 Å². The molecule has 0 aliphatic carbocycles. The van der Waals surface area contributed by atoms with Crippen molar-refractivity contribution in [1.29, 1.82) is 0 Å². The summed E-state index contributed by atoms with van der Waals surface area (Å²) in [6.07, 6.45) is 0. The lowest BCUT2D eigenvalue weighted by Crippen LogP contribution is -2.31. The van der Waals surface area contributed by atoms with Crippen molar-refractivity contribution in [2.75, 3.05) is 0 Å². The molecule has 2 aromatic rings. The largest absolute Gasteiger partial charge is 0.271 e. The molecular formula is C14H20N4. The van der Waals surface area contributed by atoms with Gasteiger partial charge in [0.2, 0.25) is 0 Å². The SMILES string of the molecule is CCn1nc(C)cc1C(NN)c1ccccc1C. The van der Waals surface area contributed by atoms with Gasteiger partial charge in [-0.1, -0.05) is 24.3 Å². The fourth-order valence-electron chi connectivity index (χ4n) is 2.30. The van der Waals surface area contributed by atoms with Gasteiger partial charge in [-0.15, -0.1) is 0 Å². The maximum absolute atomic E-state index is 5.75. The molecule has 1 unspecified atom stereocenters. The number of aryl methyl sites for hydroxylation is 3. The van der Waals surface area contributed by atoms with Crippen molar-refractivity contribution >= 4 is 0 Å². The molecule has 0 saturated heterocycles. The van der Waals surface area contributed by atoms with Crippen LogP contribution in [-0.2, 0) is 6.54 Å². The van der Waals surface area contributed by atoms with E-state index in [4.69, 9.17) is 5.84 Å². The van der Waals surface area contributed by atoms with E-state index in [0.717, 1.165) is 17.9 Å². The van der Waals surface area contributed by atoms with Crippen LogP contribution in [0.5, 0.6) is 0 Å². The molecule has 0 fully saturated rings. The summed E-state index contributed by atoms with van der Waals surface area (Å²) < 4.78 is 1.99. The molecule has 0 bridgehead atoms.